The summed E-state index contributed by atoms with van der Waals surface area (Å²) in [5.74, 6) is 0. The summed E-state index contributed by atoms with van der Waals surface area (Å²) in [6.45, 7) is 0. The lowest BCUT2D eigenvalue weighted by Gasteiger charge is -2.19. The molecule has 0 fully saturated rings. The third-order valence-corrected chi connectivity index (χ3v) is 7.22. The minimum Gasteiger partial charge on any atom is -1.00 e. The van der Waals surface area contributed by atoms with E-state index >= 15 is 0 Å². The zero-order valence-electron chi connectivity index (χ0n) is 27.9. The number of nitriles is 4. The molecule has 244 valence electrons. The third-order valence-electron chi connectivity index (χ3n) is 7.22. The Labute approximate surface area is 290 Å². The van der Waals surface area contributed by atoms with Gasteiger partial charge in [-0.15, -0.1) is 0 Å². The monoisotopic (exact) mass is 670 g/mol. The van der Waals surface area contributed by atoms with Crippen LogP contribution in [0.25, 0.3) is 33.7 Å². The van der Waals surface area contributed by atoms with E-state index in [1.807, 2.05) is 98.7 Å². The number of anilines is 2. The molecular formula is C36H40Cl2N8O. The van der Waals surface area contributed by atoms with Crippen LogP contribution in [0.3, 0.4) is 0 Å². The topological polar surface area (TPSA) is 142 Å². The first-order valence-electron chi connectivity index (χ1n) is 14.1. The van der Waals surface area contributed by atoms with Crippen molar-refractivity contribution in [1.82, 2.24) is 0 Å². The largest absolute Gasteiger partial charge is 1.00 e. The van der Waals surface area contributed by atoms with Crippen LogP contribution in [-0.2, 0) is 0 Å². The Bertz CT molecular complexity index is 1760. The number of hydrogen-bond acceptors (Lipinski definition) is 6. The number of fused-ring (bicyclic) bond motifs is 2. The Morgan fingerprint density at radius 3 is 1.13 bits per heavy atom. The smallest absolute Gasteiger partial charge is 0.138 e. The Balaban J connectivity index is 0.000000846. The van der Waals surface area contributed by atoms with Gasteiger partial charge in [0.25, 0.3) is 0 Å². The van der Waals surface area contributed by atoms with Crippen LogP contribution in [-0.4, -0.2) is 61.9 Å². The molecular weight excluding hydrogens is 631 g/mol. The maximum absolute atomic E-state index is 9.03. The summed E-state index contributed by atoms with van der Waals surface area (Å²) < 4.78 is 0. The molecule has 0 amide bonds. The van der Waals surface area contributed by atoms with E-state index < -0.39 is 0 Å². The highest BCUT2D eigenvalue weighted by atomic mass is 35.5. The molecule has 0 unspecified atom stereocenters. The summed E-state index contributed by atoms with van der Waals surface area (Å²) in [7, 11) is 16.3. The lowest BCUT2D eigenvalue weighted by atomic mass is 9.98. The molecule has 4 rings (SSSR count). The van der Waals surface area contributed by atoms with E-state index in [0.29, 0.717) is 0 Å². The van der Waals surface area contributed by atoms with Gasteiger partial charge in [-0.25, -0.2) is 0 Å². The number of halogens is 2. The molecule has 0 atom stereocenters. The number of benzene rings is 4. The molecule has 9 nitrogen and oxygen atoms in total. The number of allylic oxidation sites excluding steroid dienone is 2. The highest BCUT2D eigenvalue weighted by Gasteiger charge is 2.16. The van der Waals surface area contributed by atoms with Gasteiger partial charge in [0.2, 0.25) is 0 Å². The van der Waals surface area contributed by atoms with Crippen LogP contribution >= 0.6 is 0 Å². The van der Waals surface area contributed by atoms with Gasteiger partial charge in [0.15, 0.2) is 0 Å². The summed E-state index contributed by atoms with van der Waals surface area (Å²) in [6, 6.07) is 28.1. The van der Waals surface area contributed by atoms with Crippen LogP contribution in [0.4, 0.5) is 22.7 Å². The van der Waals surface area contributed by atoms with Crippen LogP contribution < -0.4 is 44.4 Å². The fraction of sp³-hybridized carbons (Fsp3) is 0.222. The number of nitrogens with one attached hydrogen (secondary N) is 2. The minimum atomic E-state index is 0. The standard InChI is InChI=1S/2C18H18N4.2ClH.H2O/c2*1-21(2)16-9-8-14(10-13(11-19)12-20)18-15(16)6-5-7-17(18)22(3)4;;;/h2*5-10H,1-4H3;2*1H;1H2. The highest BCUT2D eigenvalue weighted by Crippen LogP contribution is 2.34. The predicted molar refractivity (Wildman–Crippen MR) is 184 cm³/mol. The summed E-state index contributed by atoms with van der Waals surface area (Å²) in [5, 5.41) is 40.5. The highest BCUT2D eigenvalue weighted by molar-refractivity contribution is 6.06. The van der Waals surface area contributed by atoms with Crippen molar-refractivity contribution in [2.75, 3.05) is 66.2 Å². The second-order valence-corrected chi connectivity index (χ2v) is 11.2. The number of quaternary nitrogens is 2. The first-order chi connectivity index (χ1) is 21.0. The lowest BCUT2D eigenvalue weighted by Crippen LogP contribution is -3.00. The number of hydrogen-bond donors (Lipinski definition) is 2. The molecule has 0 spiro atoms. The zero-order valence-corrected chi connectivity index (χ0v) is 29.4. The molecule has 0 heterocycles. The molecule has 4 aromatic carbocycles. The second kappa shape index (κ2) is 18.8. The van der Waals surface area contributed by atoms with Crippen LogP contribution in [0.15, 0.2) is 71.8 Å². The minimum absolute atomic E-state index is 0. The van der Waals surface area contributed by atoms with Crippen molar-refractivity contribution in [1.29, 1.82) is 21.0 Å². The summed E-state index contributed by atoms with van der Waals surface area (Å²) in [4.78, 5) is 6.56. The fourth-order valence-electron chi connectivity index (χ4n) is 5.18. The molecule has 0 aliphatic carbocycles. The van der Waals surface area contributed by atoms with Gasteiger partial charge in [0.05, 0.1) is 28.2 Å². The van der Waals surface area contributed by atoms with E-state index in [1.165, 1.54) is 21.2 Å². The van der Waals surface area contributed by atoms with Crippen LogP contribution in [0.5, 0.6) is 0 Å². The van der Waals surface area contributed by atoms with Gasteiger partial charge in [-0.3, -0.25) is 0 Å². The van der Waals surface area contributed by atoms with E-state index in [9.17, 15) is 0 Å². The van der Waals surface area contributed by atoms with Gasteiger partial charge < -0.3 is 49.9 Å². The van der Waals surface area contributed by atoms with Crippen LogP contribution in [0, 0.1) is 45.3 Å². The molecule has 0 aliphatic rings. The Hall–Kier alpha value is -5.10. The average molecular weight is 672 g/mol. The van der Waals surface area contributed by atoms with Crippen molar-refractivity contribution >= 4 is 56.4 Å². The molecule has 47 heavy (non-hydrogen) atoms. The molecule has 0 saturated carbocycles. The first-order valence-corrected chi connectivity index (χ1v) is 14.1. The van der Waals surface area contributed by atoms with E-state index in [2.05, 4.69) is 52.5 Å². The quantitative estimate of drug-likeness (QED) is 0.216. The third kappa shape index (κ3) is 9.46. The molecule has 0 aliphatic heterocycles. The maximum Gasteiger partial charge on any atom is 0.138 e. The van der Waals surface area contributed by atoms with E-state index in [4.69, 9.17) is 21.0 Å². The van der Waals surface area contributed by atoms with Gasteiger partial charge in [0.1, 0.15) is 46.8 Å². The zero-order chi connectivity index (χ0) is 32.6. The molecule has 4 aromatic rings. The van der Waals surface area contributed by atoms with Crippen molar-refractivity contribution < 1.29 is 40.1 Å². The molecule has 0 saturated heterocycles. The predicted octanol–water partition coefficient (Wildman–Crippen LogP) is -2.59. The van der Waals surface area contributed by atoms with Crippen molar-refractivity contribution in [3.63, 3.8) is 0 Å². The normalized spacial score (nSPS) is 9.49. The summed E-state index contributed by atoms with van der Waals surface area (Å²) in [6.07, 6.45) is 3.31. The number of rotatable bonds is 6. The molecule has 0 radical (unpaired) electrons. The lowest BCUT2D eigenvalue weighted by molar-refractivity contribution is -0.785. The van der Waals surface area contributed by atoms with Crippen molar-refractivity contribution in [2.45, 2.75) is 0 Å². The van der Waals surface area contributed by atoms with Crippen LogP contribution in [0.2, 0.25) is 0 Å². The first kappa shape index (κ1) is 41.9. The fourth-order valence-corrected chi connectivity index (χ4v) is 5.18. The van der Waals surface area contributed by atoms with Gasteiger partial charge >= 0.3 is 0 Å². The van der Waals surface area contributed by atoms with Crippen molar-refractivity contribution in [3.8, 4) is 24.3 Å². The second-order valence-electron chi connectivity index (χ2n) is 11.2. The SMILES string of the molecule is CN(C)c1cccc2c([NH+](C)C)ccc(C=C(C#N)C#N)c12.CN(C)c1cccc2c([NH+](C)C)ccc(C=C(C#N)C#N)c12.O.[Cl-].[Cl-]. The molecule has 0 aromatic heterocycles. The van der Waals surface area contributed by atoms with Crippen molar-refractivity contribution in [3.05, 3.63) is 82.9 Å². The molecule has 0 bridgehead atoms. The van der Waals surface area contributed by atoms with Gasteiger partial charge in [-0.1, -0.05) is 12.1 Å². The van der Waals surface area contributed by atoms with E-state index in [-0.39, 0.29) is 41.4 Å². The summed E-state index contributed by atoms with van der Waals surface area (Å²) in [5.41, 5.74) is 6.52. The Morgan fingerprint density at radius 1 is 0.553 bits per heavy atom. The number of nitrogens with zero attached hydrogens (tertiary/aromatic N) is 6. The van der Waals surface area contributed by atoms with Gasteiger partial charge in [-0.05, 0) is 59.7 Å². The Morgan fingerprint density at radius 2 is 0.872 bits per heavy atom. The average Bonchev–Trinajstić information content (AvgIpc) is 3.01. The summed E-state index contributed by atoms with van der Waals surface area (Å²) >= 11 is 0. The maximum atomic E-state index is 9.03. The molecule has 4 N–H and O–H groups in total. The van der Waals surface area contributed by atoms with E-state index in [1.54, 1.807) is 12.2 Å². The van der Waals surface area contributed by atoms with Crippen molar-refractivity contribution in [2.24, 2.45) is 0 Å². The van der Waals surface area contributed by atoms with E-state index in [0.717, 1.165) is 44.0 Å². The van der Waals surface area contributed by atoms with Gasteiger partial charge in [-0.2, -0.15) is 21.0 Å². The van der Waals surface area contributed by atoms with Gasteiger partial charge in [0, 0.05) is 73.2 Å². The molecule has 11 heteroatoms. The van der Waals surface area contributed by atoms with Crippen LogP contribution in [0.1, 0.15) is 11.1 Å². The Kier molecular flexibility index (Phi) is 16.7.